The smallest absolute Gasteiger partial charge is 0.337 e. The fourth-order valence-corrected chi connectivity index (χ4v) is 4.32. The van der Waals surface area contributed by atoms with Gasteiger partial charge in [-0.15, -0.1) is 11.3 Å². The van der Waals surface area contributed by atoms with Gasteiger partial charge in [0.2, 0.25) is 5.91 Å². The molecule has 0 radical (unpaired) electrons. The van der Waals surface area contributed by atoms with Crippen LogP contribution in [0.5, 0.6) is 0 Å². The Morgan fingerprint density at radius 1 is 1.10 bits per heavy atom. The van der Waals surface area contributed by atoms with Crippen molar-refractivity contribution in [3.8, 4) is 11.4 Å². The van der Waals surface area contributed by atoms with Crippen molar-refractivity contribution in [2.45, 2.75) is 6.54 Å². The first-order chi connectivity index (χ1) is 14.5. The molecule has 2 heterocycles. The third kappa shape index (κ3) is 3.77. The highest BCUT2D eigenvalue weighted by atomic mass is 79.9. The van der Waals surface area contributed by atoms with Crippen LogP contribution < -0.4 is 10.9 Å². The van der Waals surface area contributed by atoms with Crippen molar-refractivity contribution in [3.05, 3.63) is 80.4 Å². The second-order valence-corrected chi connectivity index (χ2v) is 8.07. The zero-order chi connectivity index (χ0) is 21.3. The summed E-state index contributed by atoms with van der Waals surface area (Å²) in [6.45, 7) is -0.317. The maximum absolute atomic E-state index is 13.2. The van der Waals surface area contributed by atoms with Gasteiger partial charge in [-0.1, -0.05) is 42.5 Å². The van der Waals surface area contributed by atoms with Gasteiger partial charge in [-0.05, 0) is 28.1 Å². The summed E-state index contributed by atoms with van der Waals surface area (Å²) in [6, 6.07) is 16.1. The number of amides is 1. The Labute approximate surface area is 182 Å². The van der Waals surface area contributed by atoms with Gasteiger partial charge in [0.1, 0.15) is 17.2 Å². The molecule has 0 spiro atoms. The molecule has 1 amide bonds. The van der Waals surface area contributed by atoms with E-state index in [9.17, 15) is 19.5 Å². The van der Waals surface area contributed by atoms with Gasteiger partial charge in [0, 0.05) is 15.4 Å². The van der Waals surface area contributed by atoms with E-state index >= 15 is 0 Å². The molecule has 7 nitrogen and oxygen atoms in total. The van der Waals surface area contributed by atoms with E-state index in [1.807, 2.05) is 12.1 Å². The highest BCUT2D eigenvalue weighted by Crippen LogP contribution is 2.26. The Balaban J connectivity index is 1.83. The minimum Gasteiger partial charge on any atom is -0.478 e. The van der Waals surface area contributed by atoms with Crippen molar-refractivity contribution in [3.63, 3.8) is 0 Å². The Morgan fingerprint density at radius 2 is 1.80 bits per heavy atom. The van der Waals surface area contributed by atoms with Crippen LogP contribution >= 0.6 is 27.3 Å². The number of carboxylic acid groups (broad SMARTS) is 1. The van der Waals surface area contributed by atoms with Crippen LogP contribution in [0.15, 0.2) is 69.2 Å². The first kappa shape index (κ1) is 20.0. The third-order valence-corrected chi connectivity index (χ3v) is 5.97. The topological polar surface area (TPSA) is 101 Å². The number of benzene rings is 2. The van der Waals surface area contributed by atoms with Crippen LogP contribution in [0, 0.1) is 0 Å². The molecule has 150 valence electrons. The first-order valence-electron chi connectivity index (χ1n) is 8.81. The Kier molecular flexibility index (Phi) is 5.47. The molecule has 4 aromatic rings. The molecule has 2 aromatic heterocycles. The molecular weight excluding hydrogens is 470 g/mol. The minimum absolute atomic E-state index is 0.000808. The number of hydrogen-bond donors (Lipinski definition) is 2. The molecule has 0 fully saturated rings. The second kappa shape index (κ2) is 8.21. The molecular formula is C21H14BrN3O4S. The molecule has 0 bridgehead atoms. The average molecular weight is 484 g/mol. The number of para-hydroxylation sites is 1. The van der Waals surface area contributed by atoms with Crippen LogP contribution in [0.2, 0.25) is 0 Å². The van der Waals surface area contributed by atoms with E-state index in [0.29, 0.717) is 26.4 Å². The lowest BCUT2D eigenvalue weighted by atomic mass is 10.2. The van der Waals surface area contributed by atoms with Crippen LogP contribution in [0.4, 0.5) is 5.69 Å². The van der Waals surface area contributed by atoms with Gasteiger partial charge in [0.15, 0.2) is 0 Å². The summed E-state index contributed by atoms with van der Waals surface area (Å²) in [5.74, 6) is -1.35. The molecule has 0 aliphatic carbocycles. The lowest BCUT2D eigenvalue weighted by molar-refractivity contribution is -0.116. The van der Waals surface area contributed by atoms with Crippen molar-refractivity contribution >= 4 is 55.0 Å². The zero-order valence-electron chi connectivity index (χ0n) is 15.3. The standard InChI is InChI=1S/C21H14BrN3O4S/c22-14-8-4-5-9-15(14)23-16(26)10-25-18(12-6-2-1-3-7-12)24-19-17(20(25)27)13(11-30-19)21(28)29/h1-9,11H,10H2,(H,23,26)(H,28,29). The van der Waals surface area contributed by atoms with Crippen molar-refractivity contribution in [1.82, 2.24) is 9.55 Å². The van der Waals surface area contributed by atoms with Crippen molar-refractivity contribution in [1.29, 1.82) is 0 Å². The van der Waals surface area contributed by atoms with Gasteiger partial charge in [-0.25, -0.2) is 9.78 Å². The minimum atomic E-state index is -1.21. The van der Waals surface area contributed by atoms with Crippen molar-refractivity contribution < 1.29 is 14.7 Å². The van der Waals surface area contributed by atoms with E-state index < -0.39 is 17.4 Å². The van der Waals surface area contributed by atoms with Gasteiger partial charge < -0.3 is 10.4 Å². The third-order valence-electron chi connectivity index (χ3n) is 4.41. The summed E-state index contributed by atoms with van der Waals surface area (Å²) >= 11 is 4.45. The van der Waals surface area contributed by atoms with Gasteiger partial charge in [-0.2, -0.15) is 0 Å². The number of nitrogens with zero attached hydrogens (tertiary/aromatic N) is 2. The fraction of sp³-hybridized carbons (Fsp3) is 0.0476. The number of carbonyl (C=O) groups excluding carboxylic acids is 1. The SMILES string of the molecule is O=C(Cn1c(-c2ccccc2)nc2scc(C(=O)O)c2c1=O)Nc1ccccc1Br. The molecule has 0 atom stereocenters. The number of aromatic nitrogens is 2. The zero-order valence-corrected chi connectivity index (χ0v) is 17.7. The summed E-state index contributed by atoms with van der Waals surface area (Å²) < 4.78 is 1.91. The number of fused-ring (bicyclic) bond motifs is 1. The van der Waals surface area contributed by atoms with E-state index in [2.05, 4.69) is 26.2 Å². The molecule has 2 aromatic carbocycles. The average Bonchev–Trinajstić information content (AvgIpc) is 3.17. The molecule has 30 heavy (non-hydrogen) atoms. The highest BCUT2D eigenvalue weighted by Gasteiger charge is 2.21. The number of rotatable bonds is 5. The summed E-state index contributed by atoms with van der Waals surface area (Å²) in [7, 11) is 0. The van der Waals surface area contributed by atoms with Crippen molar-refractivity contribution in [2.75, 3.05) is 5.32 Å². The maximum atomic E-state index is 13.2. The summed E-state index contributed by atoms with van der Waals surface area (Å²) in [5, 5.41) is 13.6. The lowest BCUT2D eigenvalue weighted by Crippen LogP contribution is -2.30. The summed E-state index contributed by atoms with van der Waals surface area (Å²) in [5.41, 5.74) is 0.523. The largest absolute Gasteiger partial charge is 0.478 e. The Hall–Kier alpha value is -3.30. The number of carbonyl (C=O) groups is 2. The molecule has 0 unspecified atom stereocenters. The number of aromatic carboxylic acids is 1. The van der Waals surface area contributed by atoms with E-state index in [4.69, 9.17) is 0 Å². The fourth-order valence-electron chi connectivity index (χ4n) is 3.03. The van der Waals surface area contributed by atoms with Crippen LogP contribution in [-0.4, -0.2) is 26.5 Å². The van der Waals surface area contributed by atoms with Crippen LogP contribution in [0.1, 0.15) is 10.4 Å². The molecule has 4 rings (SSSR count). The van der Waals surface area contributed by atoms with E-state index in [1.54, 1.807) is 42.5 Å². The molecule has 0 saturated heterocycles. The maximum Gasteiger partial charge on any atom is 0.337 e. The number of halogens is 1. The monoisotopic (exact) mass is 483 g/mol. The first-order valence-corrected chi connectivity index (χ1v) is 10.5. The quantitative estimate of drug-likeness (QED) is 0.442. The summed E-state index contributed by atoms with van der Waals surface area (Å²) in [6.07, 6.45) is 0. The van der Waals surface area contributed by atoms with Crippen LogP contribution in [-0.2, 0) is 11.3 Å². The highest BCUT2D eigenvalue weighted by molar-refractivity contribution is 9.10. The Morgan fingerprint density at radius 3 is 2.50 bits per heavy atom. The normalized spacial score (nSPS) is 10.8. The van der Waals surface area contributed by atoms with Crippen molar-refractivity contribution in [2.24, 2.45) is 0 Å². The van der Waals surface area contributed by atoms with Crippen LogP contribution in [0.25, 0.3) is 21.6 Å². The molecule has 9 heteroatoms. The van der Waals surface area contributed by atoms with Gasteiger partial charge in [0.05, 0.1) is 16.6 Å². The van der Waals surface area contributed by atoms with E-state index in [0.717, 1.165) is 11.3 Å². The number of hydrogen-bond acceptors (Lipinski definition) is 5. The number of thiophene rings is 1. The predicted molar refractivity (Wildman–Crippen MR) is 119 cm³/mol. The van der Waals surface area contributed by atoms with E-state index in [1.165, 1.54) is 9.95 Å². The molecule has 2 N–H and O–H groups in total. The van der Waals surface area contributed by atoms with Gasteiger partial charge >= 0.3 is 5.97 Å². The molecule has 0 saturated carbocycles. The summed E-state index contributed by atoms with van der Waals surface area (Å²) in [4.78, 5) is 42.3. The number of carboxylic acids is 1. The van der Waals surface area contributed by atoms with Gasteiger partial charge in [-0.3, -0.25) is 14.2 Å². The predicted octanol–water partition coefficient (Wildman–Crippen LogP) is 4.22. The molecule has 0 aliphatic rings. The van der Waals surface area contributed by atoms with Crippen LogP contribution in [0.3, 0.4) is 0 Å². The van der Waals surface area contributed by atoms with E-state index in [-0.39, 0.29) is 17.5 Å². The second-order valence-electron chi connectivity index (χ2n) is 6.36. The lowest BCUT2D eigenvalue weighted by Gasteiger charge is -2.13. The number of nitrogens with one attached hydrogen (secondary N) is 1. The van der Waals surface area contributed by atoms with Gasteiger partial charge in [0.25, 0.3) is 5.56 Å². The number of anilines is 1. The Bertz CT molecular complexity index is 1330. The molecule has 0 aliphatic heterocycles.